The molecule has 2 heterocycles. The predicted octanol–water partition coefficient (Wildman–Crippen LogP) is 1.55. The van der Waals surface area contributed by atoms with Gasteiger partial charge in [-0.05, 0) is 25.1 Å². The van der Waals surface area contributed by atoms with Crippen molar-refractivity contribution in [3.63, 3.8) is 0 Å². The number of amides is 1. The zero-order valence-corrected chi connectivity index (χ0v) is 10.7. The number of aromatic amines is 1. The number of H-pyrrole nitrogens is 1. The molecule has 0 unspecified atom stereocenters. The van der Waals surface area contributed by atoms with Crippen LogP contribution in [0.2, 0.25) is 0 Å². The van der Waals surface area contributed by atoms with Gasteiger partial charge in [-0.2, -0.15) is 5.10 Å². The Labute approximate surface area is 114 Å². The second-order valence-electron chi connectivity index (χ2n) is 4.17. The van der Waals surface area contributed by atoms with Gasteiger partial charge in [0.1, 0.15) is 5.82 Å². The molecule has 0 fully saturated rings. The molecule has 0 saturated carbocycles. The first-order valence-electron chi connectivity index (χ1n) is 6.03. The summed E-state index contributed by atoms with van der Waals surface area (Å²) in [5.41, 5.74) is 1.42. The Kier molecular flexibility index (Phi) is 3.00. The van der Waals surface area contributed by atoms with Crippen LogP contribution >= 0.6 is 0 Å². The third kappa shape index (κ3) is 2.28. The second kappa shape index (κ2) is 4.96. The number of carbonyl (C=O) groups is 1. The van der Waals surface area contributed by atoms with E-state index in [0.717, 1.165) is 5.69 Å². The molecule has 0 bridgehead atoms. The lowest BCUT2D eigenvalue weighted by Gasteiger charge is -2.09. The van der Waals surface area contributed by atoms with E-state index < -0.39 is 0 Å². The molecule has 7 heteroatoms. The van der Waals surface area contributed by atoms with Crippen molar-refractivity contribution in [2.24, 2.45) is 0 Å². The Bertz CT molecular complexity index is 731. The van der Waals surface area contributed by atoms with E-state index in [-0.39, 0.29) is 11.7 Å². The van der Waals surface area contributed by atoms with Crippen molar-refractivity contribution < 1.29 is 4.79 Å². The summed E-state index contributed by atoms with van der Waals surface area (Å²) in [6.07, 6.45) is 3.49. The van der Waals surface area contributed by atoms with Crippen LogP contribution in [0.1, 0.15) is 16.4 Å². The van der Waals surface area contributed by atoms with E-state index >= 15 is 0 Å². The molecule has 7 nitrogen and oxygen atoms in total. The molecule has 100 valence electrons. The van der Waals surface area contributed by atoms with Gasteiger partial charge in [-0.25, -0.2) is 9.67 Å². The van der Waals surface area contributed by atoms with Gasteiger partial charge in [-0.15, -0.1) is 5.10 Å². The highest BCUT2D eigenvalue weighted by molar-refractivity contribution is 6.02. The Hall–Kier alpha value is -2.96. The lowest BCUT2D eigenvalue weighted by atomic mass is 10.2. The van der Waals surface area contributed by atoms with E-state index in [4.69, 9.17) is 0 Å². The number of para-hydroxylation sites is 2. The fourth-order valence-electron chi connectivity index (χ4n) is 1.81. The molecule has 1 amide bonds. The number of rotatable bonds is 3. The van der Waals surface area contributed by atoms with Crippen molar-refractivity contribution in [1.82, 2.24) is 25.0 Å². The lowest BCUT2D eigenvalue weighted by Crippen LogP contribution is -2.15. The molecule has 2 aromatic heterocycles. The topological polar surface area (TPSA) is 88.5 Å². The fourth-order valence-corrected chi connectivity index (χ4v) is 1.81. The third-order valence-corrected chi connectivity index (χ3v) is 2.70. The summed E-state index contributed by atoms with van der Waals surface area (Å²) in [6, 6.07) is 9.20. The molecule has 0 spiro atoms. The van der Waals surface area contributed by atoms with Crippen molar-refractivity contribution in [1.29, 1.82) is 0 Å². The molecule has 2 N–H and O–H groups in total. The van der Waals surface area contributed by atoms with Gasteiger partial charge in [0, 0.05) is 12.4 Å². The first-order chi connectivity index (χ1) is 9.74. The van der Waals surface area contributed by atoms with Gasteiger partial charge in [0.15, 0.2) is 0 Å². The minimum absolute atomic E-state index is 0.109. The van der Waals surface area contributed by atoms with Crippen LogP contribution in [0, 0.1) is 6.92 Å². The van der Waals surface area contributed by atoms with E-state index in [1.807, 2.05) is 30.5 Å². The maximum Gasteiger partial charge on any atom is 0.295 e. The number of hydrogen-bond acceptors (Lipinski definition) is 4. The van der Waals surface area contributed by atoms with Crippen LogP contribution in [-0.4, -0.2) is 30.9 Å². The minimum Gasteiger partial charge on any atom is -0.317 e. The Morgan fingerprint density at radius 1 is 1.30 bits per heavy atom. The smallest absolute Gasteiger partial charge is 0.295 e. The van der Waals surface area contributed by atoms with E-state index in [0.29, 0.717) is 11.5 Å². The van der Waals surface area contributed by atoms with Crippen LogP contribution in [0.25, 0.3) is 5.69 Å². The average Bonchev–Trinajstić information content (AvgIpc) is 3.10. The van der Waals surface area contributed by atoms with Crippen molar-refractivity contribution in [3.05, 3.63) is 54.4 Å². The van der Waals surface area contributed by atoms with Gasteiger partial charge in [-0.1, -0.05) is 12.1 Å². The second-order valence-corrected chi connectivity index (χ2v) is 4.17. The van der Waals surface area contributed by atoms with Crippen molar-refractivity contribution in [2.75, 3.05) is 5.32 Å². The number of carbonyl (C=O) groups excluding carboxylic acids is 1. The molecule has 0 radical (unpaired) electrons. The van der Waals surface area contributed by atoms with Gasteiger partial charge in [0.05, 0.1) is 11.4 Å². The van der Waals surface area contributed by atoms with Crippen LogP contribution in [-0.2, 0) is 0 Å². The molecular weight excluding hydrogens is 256 g/mol. The maximum absolute atomic E-state index is 12.1. The number of hydrogen-bond donors (Lipinski definition) is 2. The molecule has 0 aliphatic carbocycles. The van der Waals surface area contributed by atoms with E-state index in [1.165, 1.54) is 0 Å². The van der Waals surface area contributed by atoms with Gasteiger partial charge in [0.2, 0.25) is 5.82 Å². The average molecular weight is 268 g/mol. The maximum atomic E-state index is 12.1. The first kappa shape index (κ1) is 12.1. The van der Waals surface area contributed by atoms with Crippen molar-refractivity contribution in [2.45, 2.75) is 6.92 Å². The summed E-state index contributed by atoms with van der Waals surface area (Å²) in [5, 5.41) is 13.4. The highest BCUT2D eigenvalue weighted by Crippen LogP contribution is 2.19. The Morgan fingerprint density at radius 3 is 2.85 bits per heavy atom. The molecule has 3 rings (SSSR count). The third-order valence-electron chi connectivity index (χ3n) is 2.70. The van der Waals surface area contributed by atoms with Gasteiger partial charge in [0.25, 0.3) is 5.91 Å². The summed E-state index contributed by atoms with van der Waals surface area (Å²) in [6.45, 7) is 1.74. The number of nitrogens with zero attached hydrogens (tertiary/aromatic N) is 4. The normalized spacial score (nSPS) is 10.4. The molecule has 0 aliphatic heterocycles. The standard InChI is InChI=1S/C13H12N6O/c1-9-15-12(18-17-9)13(20)16-10-5-2-3-6-11(10)19-8-4-7-14-19/h2-8H,1H3,(H,16,20)(H,15,17,18). The van der Waals surface area contributed by atoms with E-state index in [9.17, 15) is 4.79 Å². The van der Waals surface area contributed by atoms with Crippen molar-refractivity contribution >= 4 is 11.6 Å². The molecular formula is C13H12N6O. The van der Waals surface area contributed by atoms with Gasteiger partial charge in [-0.3, -0.25) is 9.89 Å². The number of aryl methyl sites for hydroxylation is 1. The fraction of sp³-hybridized carbons (Fsp3) is 0.0769. The quantitative estimate of drug-likeness (QED) is 0.754. The summed E-state index contributed by atoms with van der Waals surface area (Å²) >= 11 is 0. The Balaban J connectivity index is 1.90. The largest absolute Gasteiger partial charge is 0.317 e. The predicted molar refractivity (Wildman–Crippen MR) is 72.6 cm³/mol. The van der Waals surface area contributed by atoms with Gasteiger partial charge < -0.3 is 5.32 Å². The zero-order chi connectivity index (χ0) is 13.9. The number of anilines is 1. The van der Waals surface area contributed by atoms with Crippen LogP contribution < -0.4 is 5.32 Å². The minimum atomic E-state index is -0.367. The van der Waals surface area contributed by atoms with Crippen LogP contribution in [0.5, 0.6) is 0 Å². The lowest BCUT2D eigenvalue weighted by molar-refractivity contribution is 0.101. The van der Waals surface area contributed by atoms with E-state index in [1.54, 1.807) is 23.9 Å². The zero-order valence-electron chi connectivity index (χ0n) is 10.7. The molecule has 1 aromatic carbocycles. The Morgan fingerprint density at radius 2 is 2.15 bits per heavy atom. The highest BCUT2D eigenvalue weighted by Gasteiger charge is 2.13. The molecule has 0 atom stereocenters. The van der Waals surface area contributed by atoms with E-state index in [2.05, 4.69) is 25.6 Å². The molecule has 20 heavy (non-hydrogen) atoms. The van der Waals surface area contributed by atoms with Gasteiger partial charge >= 0.3 is 0 Å². The monoisotopic (exact) mass is 268 g/mol. The van der Waals surface area contributed by atoms with Crippen LogP contribution in [0.4, 0.5) is 5.69 Å². The molecule has 0 saturated heterocycles. The van der Waals surface area contributed by atoms with Crippen LogP contribution in [0.15, 0.2) is 42.7 Å². The molecule has 3 aromatic rings. The molecule has 0 aliphatic rings. The SMILES string of the molecule is Cc1nc(C(=O)Nc2ccccc2-n2cccn2)n[nH]1. The van der Waals surface area contributed by atoms with Crippen LogP contribution in [0.3, 0.4) is 0 Å². The van der Waals surface area contributed by atoms with Crippen molar-refractivity contribution in [3.8, 4) is 5.69 Å². The number of nitrogens with one attached hydrogen (secondary N) is 2. The number of benzene rings is 1. The summed E-state index contributed by atoms with van der Waals surface area (Å²) < 4.78 is 1.68. The summed E-state index contributed by atoms with van der Waals surface area (Å²) in [4.78, 5) is 16.1. The number of aromatic nitrogens is 5. The summed E-state index contributed by atoms with van der Waals surface area (Å²) in [7, 11) is 0. The highest BCUT2D eigenvalue weighted by atomic mass is 16.2. The first-order valence-corrected chi connectivity index (χ1v) is 6.03. The summed E-state index contributed by atoms with van der Waals surface area (Å²) in [5.74, 6) is 0.335.